The van der Waals surface area contributed by atoms with E-state index in [1.165, 1.54) is 0 Å². The summed E-state index contributed by atoms with van der Waals surface area (Å²) in [6, 6.07) is 15.8. The average molecular weight is 453 g/mol. The molecule has 1 aliphatic carbocycles. The van der Waals surface area contributed by atoms with Crippen molar-refractivity contribution < 1.29 is 4.79 Å². The summed E-state index contributed by atoms with van der Waals surface area (Å²) in [5.41, 5.74) is 5.39. The van der Waals surface area contributed by atoms with Crippen LogP contribution in [0.2, 0.25) is 5.02 Å². The molecular formula is C22H15BrClN3O. The fourth-order valence-electron chi connectivity index (χ4n) is 3.78. The zero-order valence-corrected chi connectivity index (χ0v) is 17.1. The standard InChI is InChI=1S/C22H15BrClN3O/c23-16-5-1-14(2-6-16)18-11-25-27-12-19-20(26-22(18)27)9-15(10-21(19)28)13-3-7-17(24)8-4-13/h1-8,11-12,15H,9-10H2. The molecule has 1 aliphatic rings. The third kappa shape index (κ3) is 3.05. The lowest BCUT2D eigenvalue weighted by Gasteiger charge is -2.23. The molecule has 2 aromatic carbocycles. The zero-order chi connectivity index (χ0) is 19.3. The summed E-state index contributed by atoms with van der Waals surface area (Å²) >= 11 is 9.47. The Bertz CT molecular complexity index is 1200. The van der Waals surface area contributed by atoms with Crippen LogP contribution in [0.5, 0.6) is 0 Å². The van der Waals surface area contributed by atoms with Crippen LogP contribution >= 0.6 is 27.5 Å². The number of hydrogen-bond acceptors (Lipinski definition) is 3. The van der Waals surface area contributed by atoms with E-state index >= 15 is 0 Å². The number of aromatic nitrogens is 3. The SMILES string of the molecule is O=C1CC(c2ccc(Cl)cc2)Cc2nc3c(-c4ccc(Br)cc4)cnn3cc21. The fraction of sp³-hybridized carbons (Fsp3) is 0.136. The van der Waals surface area contributed by atoms with Crippen molar-refractivity contribution in [3.8, 4) is 11.1 Å². The first-order chi connectivity index (χ1) is 13.6. The highest BCUT2D eigenvalue weighted by Gasteiger charge is 2.28. The summed E-state index contributed by atoms with van der Waals surface area (Å²) in [7, 11) is 0. The molecule has 0 spiro atoms. The van der Waals surface area contributed by atoms with E-state index in [-0.39, 0.29) is 11.7 Å². The zero-order valence-electron chi connectivity index (χ0n) is 14.8. The molecule has 4 nitrogen and oxygen atoms in total. The first kappa shape index (κ1) is 17.6. The molecule has 0 amide bonds. The predicted molar refractivity (Wildman–Crippen MR) is 113 cm³/mol. The number of halogens is 2. The third-order valence-electron chi connectivity index (χ3n) is 5.24. The predicted octanol–water partition coefficient (Wildman–Crippen LogP) is 5.72. The van der Waals surface area contributed by atoms with Crippen molar-refractivity contribution in [3.63, 3.8) is 0 Å². The Morgan fingerprint density at radius 1 is 1.00 bits per heavy atom. The van der Waals surface area contributed by atoms with E-state index in [4.69, 9.17) is 16.6 Å². The van der Waals surface area contributed by atoms with Crippen LogP contribution < -0.4 is 0 Å². The van der Waals surface area contributed by atoms with Crippen LogP contribution in [0.25, 0.3) is 16.8 Å². The first-order valence-electron chi connectivity index (χ1n) is 9.00. The minimum absolute atomic E-state index is 0.108. The normalized spacial score (nSPS) is 16.4. The molecule has 0 bridgehead atoms. The van der Waals surface area contributed by atoms with Crippen molar-refractivity contribution in [1.29, 1.82) is 0 Å². The molecule has 138 valence electrons. The van der Waals surface area contributed by atoms with Crippen molar-refractivity contribution in [3.05, 3.63) is 87.2 Å². The Balaban J connectivity index is 1.58. The maximum atomic E-state index is 12.8. The molecule has 5 rings (SSSR count). The van der Waals surface area contributed by atoms with Gasteiger partial charge in [0.1, 0.15) is 0 Å². The summed E-state index contributed by atoms with van der Waals surface area (Å²) in [5, 5.41) is 5.12. The Morgan fingerprint density at radius 2 is 1.75 bits per heavy atom. The summed E-state index contributed by atoms with van der Waals surface area (Å²) < 4.78 is 2.73. The van der Waals surface area contributed by atoms with Crippen LogP contribution in [-0.2, 0) is 6.42 Å². The van der Waals surface area contributed by atoms with E-state index in [1.807, 2.05) is 54.7 Å². The maximum Gasteiger partial charge on any atom is 0.166 e. The molecule has 2 aromatic heterocycles. The Hall–Kier alpha value is -2.50. The molecule has 1 unspecified atom stereocenters. The van der Waals surface area contributed by atoms with Crippen LogP contribution in [0, 0.1) is 0 Å². The maximum absolute atomic E-state index is 12.8. The minimum atomic E-state index is 0.108. The number of hydrogen-bond donors (Lipinski definition) is 0. The van der Waals surface area contributed by atoms with Crippen LogP contribution in [0.3, 0.4) is 0 Å². The van der Waals surface area contributed by atoms with E-state index in [0.29, 0.717) is 17.0 Å². The lowest BCUT2D eigenvalue weighted by atomic mass is 9.82. The fourth-order valence-corrected chi connectivity index (χ4v) is 4.17. The highest BCUT2D eigenvalue weighted by molar-refractivity contribution is 9.10. The van der Waals surface area contributed by atoms with Crippen LogP contribution in [0.15, 0.2) is 65.4 Å². The molecule has 0 radical (unpaired) electrons. The van der Waals surface area contributed by atoms with Crippen molar-refractivity contribution in [1.82, 2.24) is 14.6 Å². The molecule has 0 saturated heterocycles. The molecular weight excluding hydrogens is 438 g/mol. The smallest absolute Gasteiger partial charge is 0.166 e. The van der Waals surface area contributed by atoms with Gasteiger partial charge < -0.3 is 0 Å². The quantitative estimate of drug-likeness (QED) is 0.390. The number of nitrogens with zero attached hydrogens (tertiary/aromatic N) is 3. The second-order valence-corrected chi connectivity index (χ2v) is 8.37. The van der Waals surface area contributed by atoms with Gasteiger partial charge in [0.25, 0.3) is 0 Å². The van der Waals surface area contributed by atoms with E-state index in [0.717, 1.165) is 38.9 Å². The number of fused-ring (bicyclic) bond motifs is 2. The van der Waals surface area contributed by atoms with Gasteiger partial charge in [0.2, 0.25) is 0 Å². The largest absolute Gasteiger partial charge is 0.294 e. The van der Waals surface area contributed by atoms with Gasteiger partial charge in [-0.25, -0.2) is 9.50 Å². The first-order valence-corrected chi connectivity index (χ1v) is 10.2. The number of benzene rings is 2. The molecule has 0 saturated carbocycles. The molecule has 4 aromatic rings. The molecule has 0 N–H and O–H groups in total. The highest BCUT2D eigenvalue weighted by atomic mass is 79.9. The van der Waals surface area contributed by atoms with Gasteiger partial charge in [-0.05, 0) is 47.7 Å². The number of carbonyl (C=O) groups is 1. The van der Waals surface area contributed by atoms with Gasteiger partial charge in [-0.15, -0.1) is 0 Å². The topological polar surface area (TPSA) is 47.3 Å². The molecule has 28 heavy (non-hydrogen) atoms. The summed E-state index contributed by atoms with van der Waals surface area (Å²) in [6.45, 7) is 0. The average Bonchev–Trinajstić information content (AvgIpc) is 3.10. The van der Waals surface area contributed by atoms with Gasteiger partial charge in [-0.1, -0.05) is 51.8 Å². The van der Waals surface area contributed by atoms with Crippen LogP contribution in [0.4, 0.5) is 0 Å². The van der Waals surface area contributed by atoms with Gasteiger partial charge >= 0.3 is 0 Å². The molecule has 6 heteroatoms. The molecule has 0 aliphatic heterocycles. The molecule has 2 heterocycles. The Morgan fingerprint density at radius 3 is 2.50 bits per heavy atom. The van der Waals surface area contributed by atoms with Gasteiger partial charge in [-0.2, -0.15) is 5.10 Å². The highest BCUT2D eigenvalue weighted by Crippen LogP contribution is 2.34. The number of Topliss-reactive ketones (excluding diaryl/α,β-unsaturated/α-hetero) is 1. The minimum Gasteiger partial charge on any atom is -0.294 e. The van der Waals surface area contributed by atoms with Gasteiger partial charge in [0.15, 0.2) is 11.4 Å². The van der Waals surface area contributed by atoms with Crippen molar-refractivity contribution >= 4 is 39.0 Å². The lowest BCUT2D eigenvalue weighted by Crippen LogP contribution is -2.21. The summed E-state index contributed by atoms with van der Waals surface area (Å²) in [5.74, 6) is 0.225. The Kier molecular flexibility index (Phi) is 4.29. The van der Waals surface area contributed by atoms with Gasteiger partial charge in [0.05, 0.1) is 17.5 Å². The van der Waals surface area contributed by atoms with E-state index in [2.05, 4.69) is 21.0 Å². The van der Waals surface area contributed by atoms with E-state index < -0.39 is 0 Å². The lowest BCUT2D eigenvalue weighted by molar-refractivity contribution is 0.0962. The summed E-state index contributed by atoms with van der Waals surface area (Å²) in [4.78, 5) is 17.6. The number of carbonyl (C=O) groups excluding carboxylic acids is 1. The monoisotopic (exact) mass is 451 g/mol. The van der Waals surface area contributed by atoms with Crippen LogP contribution in [0.1, 0.15) is 34.0 Å². The van der Waals surface area contributed by atoms with Gasteiger partial charge in [-0.3, -0.25) is 4.79 Å². The molecule has 1 atom stereocenters. The Labute approximate surface area is 175 Å². The van der Waals surface area contributed by atoms with Crippen molar-refractivity contribution in [2.24, 2.45) is 0 Å². The molecule has 0 fully saturated rings. The number of rotatable bonds is 2. The number of ketones is 1. The van der Waals surface area contributed by atoms with E-state index in [1.54, 1.807) is 10.7 Å². The second kappa shape index (κ2) is 6.83. The van der Waals surface area contributed by atoms with Crippen molar-refractivity contribution in [2.75, 3.05) is 0 Å². The van der Waals surface area contributed by atoms with Crippen molar-refractivity contribution in [2.45, 2.75) is 18.8 Å². The summed E-state index contributed by atoms with van der Waals surface area (Å²) in [6.07, 6.45) is 4.82. The van der Waals surface area contributed by atoms with Gasteiger partial charge in [0, 0.05) is 27.7 Å². The van der Waals surface area contributed by atoms with Crippen LogP contribution in [-0.4, -0.2) is 20.4 Å². The van der Waals surface area contributed by atoms with E-state index in [9.17, 15) is 4.79 Å². The third-order valence-corrected chi connectivity index (χ3v) is 6.02. The second-order valence-electron chi connectivity index (χ2n) is 7.01.